The van der Waals surface area contributed by atoms with Gasteiger partial charge in [0, 0.05) is 18.7 Å². The second-order valence-electron chi connectivity index (χ2n) is 4.53. The van der Waals surface area contributed by atoms with Crippen LogP contribution < -0.4 is 5.32 Å². The molecule has 19 heavy (non-hydrogen) atoms. The fraction of sp³-hybridized carbons (Fsp3) is 0.308. The average Bonchev–Trinajstić information content (AvgIpc) is 2.86. The summed E-state index contributed by atoms with van der Waals surface area (Å²) in [5.74, 6) is 0. The first kappa shape index (κ1) is 12.2. The Morgan fingerprint density at radius 2 is 2.11 bits per heavy atom. The number of alkyl halides is 3. The van der Waals surface area contributed by atoms with Crippen LogP contribution in [-0.4, -0.2) is 16.5 Å². The molecule has 2 N–H and O–H groups in total. The van der Waals surface area contributed by atoms with E-state index >= 15 is 0 Å². The summed E-state index contributed by atoms with van der Waals surface area (Å²) in [7, 11) is 0. The largest absolute Gasteiger partial charge is 0.416 e. The molecule has 3 rings (SSSR count). The maximum atomic E-state index is 12.7. The number of fused-ring (bicyclic) bond motifs is 1. The fourth-order valence-corrected chi connectivity index (χ4v) is 2.39. The minimum atomic E-state index is -4.32. The van der Waals surface area contributed by atoms with E-state index in [9.17, 15) is 13.2 Å². The Morgan fingerprint density at radius 3 is 2.89 bits per heavy atom. The summed E-state index contributed by atoms with van der Waals surface area (Å²) in [6.45, 7) is 0.718. The number of H-pyrrole nitrogens is 1. The van der Waals surface area contributed by atoms with Crippen LogP contribution in [0.5, 0.6) is 0 Å². The molecule has 6 heteroatoms. The number of nitrogens with zero attached hydrogens (tertiary/aromatic N) is 1. The quantitative estimate of drug-likeness (QED) is 0.834. The molecule has 1 aromatic carbocycles. The topological polar surface area (TPSA) is 40.7 Å². The molecule has 100 valence electrons. The van der Waals surface area contributed by atoms with Crippen molar-refractivity contribution in [1.29, 1.82) is 0 Å². The second kappa shape index (κ2) is 4.38. The maximum absolute atomic E-state index is 12.7. The predicted molar refractivity (Wildman–Crippen MR) is 63.6 cm³/mol. The molecular weight excluding hydrogens is 255 g/mol. The number of nitrogens with one attached hydrogen (secondary N) is 2. The zero-order chi connectivity index (χ0) is 13.5. The summed E-state index contributed by atoms with van der Waals surface area (Å²) in [4.78, 5) is 7.24. The number of hydrogen-bond donors (Lipinski definition) is 2. The fourth-order valence-electron chi connectivity index (χ4n) is 2.39. The van der Waals surface area contributed by atoms with Crippen molar-refractivity contribution in [2.75, 3.05) is 6.54 Å². The SMILES string of the molecule is FC(F)(F)c1cccc([C@@H]2NCCc3[nH]cnc32)c1. The molecule has 0 bridgehead atoms. The Balaban J connectivity index is 2.01. The zero-order valence-electron chi connectivity index (χ0n) is 9.96. The van der Waals surface area contributed by atoms with Gasteiger partial charge in [0.25, 0.3) is 0 Å². The number of rotatable bonds is 1. The van der Waals surface area contributed by atoms with E-state index in [2.05, 4.69) is 15.3 Å². The van der Waals surface area contributed by atoms with Gasteiger partial charge in [0.1, 0.15) is 0 Å². The van der Waals surface area contributed by atoms with E-state index in [-0.39, 0.29) is 6.04 Å². The van der Waals surface area contributed by atoms with Crippen LogP contribution >= 0.6 is 0 Å². The lowest BCUT2D eigenvalue weighted by Crippen LogP contribution is -2.30. The van der Waals surface area contributed by atoms with Crippen molar-refractivity contribution in [3.8, 4) is 0 Å². The third kappa shape index (κ3) is 2.23. The van der Waals surface area contributed by atoms with Gasteiger partial charge in [0.05, 0.1) is 23.6 Å². The van der Waals surface area contributed by atoms with Crippen molar-refractivity contribution >= 4 is 0 Å². The Kier molecular flexibility index (Phi) is 2.82. The minimum absolute atomic E-state index is 0.280. The highest BCUT2D eigenvalue weighted by atomic mass is 19.4. The third-order valence-electron chi connectivity index (χ3n) is 3.30. The standard InChI is InChI=1S/C13H12F3N3/c14-13(15,16)9-3-1-2-8(6-9)11-12-10(4-5-17-11)18-7-19-12/h1-3,6-7,11,17H,4-5H2,(H,18,19)/t11-/m0/s1. The van der Waals surface area contributed by atoms with Crippen LogP contribution in [0.15, 0.2) is 30.6 Å². The van der Waals surface area contributed by atoms with Gasteiger partial charge in [-0.2, -0.15) is 13.2 Å². The summed E-state index contributed by atoms with van der Waals surface area (Å²) in [5, 5.41) is 3.21. The summed E-state index contributed by atoms with van der Waals surface area (Å²) in [6.07, 6.45) is -1.93. The first-order chi connectivity index (χ1) is 9.05. The van der Waals surface area contributed by atoms with Crippen LogP contribution in [0.2, 0.25) is 0 Å². The van der Waals surface area contributed by atoms with Gasteiger partial charge >= 0.3 is 6.18 Å². The predicted octanol–water partition coefficient (Wildman–Crippen LogP) is 2.66. The number of benzene rings is 1. The van der Waals surface area contributed by atoms with Gasteiger partial charge in [-0.15, -0.1) is 0 Å². The van der Waals surface area contributed by atoms with Gasteiger partial charge in [-0.05, 0) is 17.7 Å². The highest BCUT2D eigenvalue weighted by molar-refractivity contribution is 5.35. The summed E-state index contributed by atoms with van der Waals surface area (Å²) < 4.78 is 38.2. The number of aromatic amines is 1. The van der Waals surface area contributed by atoms with Gasteiger partial charge in [0.2, 0.25) is 0 Å². The highest BCUT2D eigenvalue weighted by Gasteiger charge is 2.32. The molecule has 0 amide bonds. The average molecular weight is 267 g/mol. The lowest BCUT2D eigenvalue weighted by Gasteiger charge is -2.24. The molecule has 0 aliphatic carbocycles. The van der Waals surface area contributed by atoms with Gasteiger partial charge in [-0.25, -0.2) is 4.98 Å². The van der Waals surface area contributed by atoms with E-state index in [0.717, 1.165) is 30.4 Å². The number of imidazole rings is 1. The van der Waals surface area contributed by atoms with Crippen LogP contribution in [-0.2, 0) is 12.6 Å². The van der Waals surface area contributed by atoms with E-state index in [4.69, 9.17) is 0 Å². The number of halogens is 3. The molecular formula is C13H12F3N3. The van der Waals surface area contributed by atoms with Crippen molar-refractivity contribution in [2.24, 2.45) is 0 Å². The smallest absolute Gasteiger partial charge is 0.348 e. The van der Waals surface area contributed by atoms with Crippen molar-refractivity contribution in [1.82, 2.24) is 15.3 Å². The Morgan fingerprint density at radius 1 is 1.26 bits per heavy atom. The molecule has 3 nitrogen and oxygen atoms in total. The van der Waals surface area contributed by atoms with Gasteiger partial charge in [-0.3, -0.25) is 0 Å². The number of hydrogen-bond acceptors (Lipinski definition) is 2. The number of aromatic nitrogens is 2. The molecule has 0 spiro atoms. The van der Waals surface area contributed by atoms with Crippen molar-refractivity contribution in [3.05, 3.63) is 53.1 Å². The minimum Gasteiger partial charge on any atom is -0.348 e. The molecule has 1 aliphatic rings. The van der Waals surface area contributed by atoms with Crippen LogP contribution in [0, 0.1) is 0 Å². The van der Waals surface area contributed by atoms with E-state index in [1.165, 1.54) is 12.1 Å². The third-order valence-corrected chi connectivity index (χ3v) is 3.30. The molecule has 0 unspecified atom stereocenters. The Hall–Kier alpha value is -1.82. The molecule has 2 heterocycles. The molecule has 0 fully saturated rings. The summed E-state index contributed by atoms with van der Waals surface area (Å²) in [6, 6.07) is 5.11. The lowest BCUT2D eigenvalue weighted by molar-refractivity contribution is -0.137. The molecule has 2 aromatic rings. The zero-order valence-corrected chi connectivity index (χ0v) is 9.96. The van der Waals surface area contributed by atoms with Crippen LogP contribution in [0.25, 0.3) is 0 Å². The maximum Gasteiger partial charge on any atom is 0.416 e. The summed E-state index contributed by atoms with van der Waals surface area (Å²) >= 11 is 0. The van der Waals surface area contributed by atoms with Crippen LogP contribution in [0.1, 0.15) is 28.6 Å². The van der Waals surface area contributed by atoms with Crippen LogP contribution in [0.4, 0.5) is 13.2 Å². The van der Waals surface area contributed by atoms with Gasteiger partial charge in [-0.1, -0.05) is 12.1 Å². The summed E-state index contributed by atoms with van der Waals surface area (Å²) in [5.41, 5.74) is 1.73. The molecule has 1 aliphatic heterocycles. The van der Waals surface area contributed by atoms with E-state index in [1.807, 2.05) is 0 Å². The molecule has 1 aromatic heterocycles. The van der Waals surface area contributed by atoms with E-state index < -0.39 is 11.7 Å². The highest BCUT2D eigenvalue weighted by Crippen LogP contribution is 2.33. The van der Waals surface area contributed by atoms with Crippen LogP contribution in [0.3, 0.4) is 0 Å². The van der Waals surface area contributed by atoms with Gasteiger partial charge < -0.3 is 10.3 Å². The van der Waals surface area contributed by atoms with Crippen molar-refractivity contribution in [3.63, 3.8) is 0 Å². The van der Waals surface area contributed by atoms with Crippen molar-refractivity contribution in [2.45, 2.75) is 18.6 Å². The Labute approximate surface area is 107 Å². The second-order valence-corrected chi connectivity index (χ2v) is 4.53. The molecule has 0 saturated heterocycles. The molecule has 0 radical (unpaired) electrons. The normalized spacial score (nSPS) is 19.2. The van der Waals surface area contributed by atoms with E-state index in [1.54, 1.807) is 12.4 Å². The van der Waals surface area contributed by atoms with E-state index in [0.29, 0.717) is 5.56 Å². The molecule has 1 atom stereocenters. The molecule has 0 saturated carbocycles. The Bertz CT molecular complexity index is 589. The van der Waals surface area contributed by atoms with Crippen molar-refractivity contribution < 1.29 is 13.2 Å². The van der Waals surface area contributed by atoms with Gasteiger partial charge in [0.15, 0.2) is 0 Å². The first-order valence-corrected chi connectivity index (χ1v) is 5.98. The first-order valence-electron chi connectivity index (χ1n) is 5.98. The lowest BCUT2D eigenvalue weighted by atomic mass is 9.96. The monoisotopic (exact) mass is 267 g/mol.